The number of carbonyl (C=O) groups is 1. The number of Topliss-reactive ketones (excluding diaryl/α,β-unsaturated/α-hetero) is 1. The Morgan fingerprint density at radius 2 is 2.12 bits per heavy atom. The normalized spacial score (nSPS) is 15.5. The van der Waals surface area contributed by atoms with E-state index in [4.69, 9.17) is 4.74 Å². The van der Waals surface area contributed by atoms with Gasteiger partial charge in [-0.2, -0.15) is 18.2 Å². The summed E-state index contributed by atoms with van der Waals surface area (Å²) in [6, 6.07) is 0.0762. The topological polar surface area (TPSA) is 44.1 Å². The Balaban J connectivity index is 2.48. The van der Waals surface area contributed by atoms with Crippen LogP contribution in [0.2, 0.25) is 0 Å². The van der Waals surface area contributed by atoms with Crippen LogP contribution in [-0.2, 0) is 13.0 Å². The van der Waals surface area contributed by atoms with Gasteiger partial charge in [-0.15, -0.1) is 0 Å². The van der Waals surface area contributed by atoms with Gasteiger partial charge in [0.2, 0.25) is 0 Å². The molecule has 4 nitrogen and oxygen atoms in total. The van der Waals surface area contributed by atoms with Gasteiger partial charge in [-0.25, -0.2) is 0 Å². The van der Waals surface area contributed by atoms with E-state index in [9.17, 15) is 18.0 Å². The van der Waals surface area contributed by atoms with Crippen LogP contribution in [0, 0.1) is 0 Å². The van der Waals surface area contributed by atoms with E-state index in [2.05, 4.69) is 4.98 Å². The lowest BCUT2D eigenvalue weighted by Crippen LogP contribution is -2.25. The van der Waals surface area contributed by atoms with Crippen LogP contribution in [0.5, 0.6) is 6.01 Å². The predicted octanol–water partition coefficient (Wildman–Crippen LogP) is 1.97. The van der Waals surface area contributed by atoms with Gasteiger partial charge in [-0.05, 0) is 19.3 Å². The van der Waals surface area contributed by atoms with Crippen molar-refractivity contribution in [1.82, 2.24) is 9.55 Å². The minimum absolute atomic E-state index is 0.0762. The Labute approximate surface area is 95.4 Å². The molecule has 0 saturated heterocycles. The Morgan fingerprint density at radius 3 is 2.71 bits per heavy atom. The molecule has 0 bridgehead atoms. The predicted molar refractivity (Wildman–Crippen MR) is 52.1 cm³/mol. The highest BCUT2D eigenvalue weighted by Crippen LogP contribution is 2.29. The summed E-state index contributed by atoms with van der Waals surface area (Å²) in [5, 5.41) is 0. The number of hydrogen-bond donors (Lipinski definition) is 0. The molecule has 0 atom stereocenters. The minimum atomic E-state index is -4.89. The second kappa shape index (κ2) is 4.05. The quantitative estimate of drug-likeness (QED) is 0.751. The smallest absolute Gasteiger partial charge is 0.456 e. The van der Waals surface area contributed by atoms with Gasteiger partial charge in [0.15, 0.2) is 0 Å². The number of imidazole rings is 1. The van der Waals surface area contributed by atoms with Crippen molar-refractivity contribution in [3.05, 3.63) is 11.4 Å². The van der Waals surface area contributed by atoms with Crippen molar-refractivity contribution in [2.24, 2.45) is 0 Å². The summed E-state index contributed by atoms with van der Waals surface area (Å²) in [4.78, 5) is 14.9. The lowest BCUT2D eigenvalue weighted by molar-refractivity contribution is -0.0888. The van der Waals surface area contributed by atoms with Crippen molar-refractivity contribution < 1.29 is 22.7 Å². The highest BCUT2D eigenvalue weighted by molar-refractivity contribution is 5.99. The van der Waals surface area contributed by atoms with E-state index in [1.165, 1.54) is 7.11 Å². The molecule has 2 rings (SSSR count). The van der Waals surface area contributed by atoms with Crippen molar-refractivity contribution in [3.8, 4) is 6.01 Å². The standard InChI is InChI=1S/C10H11F3N2O2/c1-17-9-14-7(8(16)10(11,12)13)6-4-2-3-5-15(6)9/h2-5H2,1H3. The van der Waals surface area contributed by atoms with Crippen molar-refractivity contribution in [1.29, 1.82) is 0 Å². The molecule has 0 spiro atoms. The number of ether oxygens (including phenoxy) is 1. The molecule has 94 valence electrons. The Hall–Kier alpha value is -1.53. The van der Waals surface area contributed by atoms with E-state index < -0.39 is 17.7 Å². The number of carbonyl (C=O) groups excluding carboxylic acids is 1. The summed E-state index contributed by atoms with van der Waals surface area (Å²) >= 11 is 0. The minimum Gasteiger partial charge on any atom is -0.468 e. The van der Waals surface area contributed by atoms with E-state index >= 15 is 0 Å². The molecule has 0 unspecified atom stereocenters. The van der Waals surface area contributed by atoms with Crippen molar-refractivity contribution in [2.75, 3.05) is 7.11 Å². The molecule has 1 aliphatic heterocycles. The highest BCUT2D eigenvalue weighted by Gasteiger charge is 2.43. The zero-order valence-electron chi connectivity index (χ0n) is 9.17. The fraction of sp³-hybridized carbons (Fsp3) is 0.600. The van der Waals surface area contributed by atoms with Gasteiger partial charge in [-0.1, -0.05) is 0 Å². The largest absolute Gasteiger partial charge is 0.468 e. The summed E-state index contributed by atoms with van der Waals surface area (Å²) in [7, 11) is 1.33. The number of ketones is 1. The third-order valence-electron chi connectivity index (χ3n) is 2.74. The SMILES string of the molecule is COc1nc(C(=O)C(F)(F)F)c2n1CCCC2. The zero-order chi connectivity index (χ0) is 12.6. The van der Waals surface area contributed by atoms with Crippen LogP contribution in [0.1, 0.15) is 29.0 Å². The first-order chi connectivity index (χ1) is 7.95. The molecule has 7 heteroatoms. The van der Waals surface area contributed by atoms with Crippen molar-refractivity contribution in [2.45, 2.75) is 32.0 Å². The van der Waals surface area contributed by atoms with Gasteiger partial charge in [0, 0.05) is 6.54 Å². The second-order valence-corrected chi connectivity index (χ2v) is 3.83. The molecule has 2 heterocycles. The number of halogens is 3. The van der Waals surface area contributed by atoms with Crippen LogP contribution in [0.3, 0.4) is 0 Å². The summed E-state index contributed by atoms with van der Waals surface area (Å²) in [6.45, 7) is 0.538. The molecule has 0 fully saturated rings. The molecule has 0 N–H and O–H groups in total. The number of nitrogens with zero attached hydrogens (tertiary/aromatic N) is 2. The van der Waals surface area contributed by atoms with Gasteiger partial charge in [0.25, 0.3) is 11.8 Å². The summed E-state index contributed by atoms with van der Waals surface area (Å²) in [5.74, 6) is -1.90. The molecule has 17 heavy (non-hydrogen) atoms. The maximum absolute atomic E-state index is 12.4. The van der Waals surface area contributed by atoms with Gasteiger partial charge >= 0.3 is 6.18 Å². The van der Waals surface area contributed by atoms with E-state index in [1.807, 2.05) is 0 Å². The first-order valence-corrected chi connectivity index (χ1v) is 5.20. The van der Waals surface area contributed by atoms with Crippen molar-refractivity contribution in [3.63, 3.8) is 0 Å². The molecule has 1 aliphatic rings. The number of aromatic nitrogens is 2. The average molecular weight is 248 g/mol. The van der Waals surface area contributed by atoms with Crippen LogP contribution in [-0.4, -0.2) is 28.6 Å². The number of hydrogen-bond acceptors (Lipinski definition) is 3. The highest BCUT2D eigenvalue weighted by atomic mass is 19.4. The molecular weight excluding hydrogens is 237 g/mol. The fourth-order valence-electron chi connectivity index (χ4n) is 1.98. The summed E-state index contributed by atoms with van der Waals surface area (Å²) in [6.07, 6.45) is -2.86. The maximum Gasteiger partial charge on any atom is 0.456 e. The van der Waals surface area contributed by atoms with Crippen LogP contribution in [0.4, 0.5) is 13.2 Å². The molecule has 0 aromatic carbocycles. The Bertz CT molecular complexity index is 451. The first-order valence-electron chi connectivity index (χ1n) is 5.20. The Morgan fingerprint density at radius 1 is 1.41 bits per heavy atom. The summed E-state index contributed by atoms with van der Waals surface area (Å²) in [5.41, 5.74) is -0.190. The van der Waals surface area contributed by atoms with E-state index in [-0.39, 0.29) is 6.01 Å². The third-order valence-corrected chi connectivity index (χ3v) is 2.74. The number of methoxy groups -OCH3 is 1. The number of rotatable bonds is 2. The van der Waals surface area contributed by atoms with Crippen LogP contribution < -0.4 is 4.74 Å². The Kier molecular flexibility index (Phi) is 2.84. The van der Waals surface area contributed by atoms with Gasteiger partial charge < -0.3 is 4.74 Å². The second-order valence-electron chi connectivity index (χ2n) is 3.83. The van der Waals surface area contributed by atoms with E-state index in [0.717, 1.165) is 12.8 Å². The number of alkyl halides is 3. The average Bonchev–Trinajstić information content (AvgIpc) is 2.65. The molecule has 0 saturated carbocycles. The maximum atomic E-state index is 12.4. The molecule has 1 aromatic rings. The van der Waals surface area contributed by atoms with E-state index in [0.29, 0.717) is 18.7 Å². The lowest BCUT2D eigenvalue weighted by Gasteiger charge is -2.16. The molecule has 0 amide bonds. The first kappa shape index (κ1) is 11.9. The zero-order valence-corrected chi connectivity index (χ0v) is 9.17. The van der Waals surface area contributed by atoms with Crippen LogP contribution in [0.15, 0.2) is 0 Å². The molecule has 0 aliphatic carbocycles. The molecule has 0 radical (unpaired) electrons. The van der Waals surface area contributed by atoms with Gasteiger partial charge in [-0.3, -0.25) is 9.36 Å². The molecular formula is C10H11F3N2O2. The van der Waals surface area contributed by atoms with Gasteiger partial charge in [0.1, 0.15) is 5.69 Å². The summed E-state index contributed by atoms with van der Waals surface area (Å²) < 4.78 is 43.6. The number of fused-ring (bicyclic) bond motifs is 1. The van der Waals surface area contributed by atoms with Crippen LogP contribution in [0.25, 0.3) is 0 Å². The van der Waals surface area contributed by atoms with Crippen molar-refractivity contribution >= 4 is 5.78 Å². The third kappa shape index (κ3) is 2.01. The molecule has 1 aromatic heterocycles. The van der Waals surface area contributed by atoms with Gasteiger partial charge in [0.05, 0.1) is 12.8 Å². The monoisotopic (exact) mass is 248 g/mol. The van der Waals surface area contributed by atoms with Crippen LogP contribution >= 0.6 is 0 Å². The van der Waals surface area contributed by atoms with E-state index in [1.54, 1.807) is 4.57 Å². The fourth-order valence-corrected chi connectivity index (χ4v) is 1.98. The lowest BCUT2D eigenvalue weighted by atomic mass is 10.1.